The fraction of sp³-hybridized carbons (Fsp3) is 0.217. The van der Waals surface area contributed by atoms with Gasteiger partial charge in [0.1, 0.15) is 5.56 Å². The lowest BCUT2D eigenvalue weighted by molar-refractivity contribution is -0.138. The Kier molecular flexibility index (Phi) is 5.50. The van der Waals surface area contributed by atoms with Crippen LogP contribution in [0, 0.1) is 5.82 Å². The van der Waals surface area contributed by atoms with E-state index >= 15 is 0 Å². The van der Waals surface area contributed by atoms with Crippen LogP contribution in [0.25, 0.3) is 0 Å². The van der Waals surface area contributed by atoms with Gasteiger partial charge in [-0.25, -0.2) is 4.39 Å². The van der Waals surface area contributed by atoms with Gasteiger partial charge in [-0.15, -0.1) is 10.2 Å². The summed E-state index contributed by atoms with van der Waals surface area (Å²) in [6.07, 6.45) is -4.64. The molecule has 5 rings (SSSR count). The van der Waals surface area contributed by atoms with Gasteiger partial charge in [0.15, 0.2) is 17.4 Å². The number of para-hydroxylation sites is 1. The molecule has 1 fully saturated rings. The average molecular weight is 487 g/mol. The third-order valence-corrected chi connectivity index (χ3v) is 5.76. The molecule has 0 saturated carbocycles. The van der Waals surface area contributed by atoms with Crippen LogP contribution in [0.5, 0.6) is 11.6 Å². The number of aromatic nitrogens is 2. The normalized spacial score (nSPS) is 15.5. The second kappa shape index (κ2) is 8.53. The summed E-state index contributed by atoms with van der Waals surface area (Å²) >= 11 is 0. The molecule has 0 unspecified atom stereocenters. The molecule has 35 heavy (non-hydrogen) atoms. The summed E-state index contributed by atoms with van der Waals surface area (Å²) in [4.78, 5) is 28.6. The largest absolute Gasteiger partial charge is 0.432 e. The fourth-order valence-electron chi connectivity index (χ4n) is 3.99. The van der Waals surface area contributed by atoms with Crippen molar-refractivity contribution in [2.24, 2.45) is 0 Å². The van der Waals surface area contributed by atoms with E-state index in [1.54, 1.807) is 4.90 Å². The highest BCUT2D eigenvalue weighted by Gasteiger charge is 2.36. The van der Waals surface area contributed by atoms with Crippen molar-refractivity contribution in [3.05, 3.63) is 71.0 Å². The van der Waals surface area contributed by atoms with Crippen LogP contribution in [0.2, 0.25) is 0 Å². The Labute approximate surface area is 196 Å². The van der Waals surface area contributed by atoms with Crippen molar-refractivity contribution in [3.63, 3.8) is 0 Å². The van der Waals surface area contributed by atoms with E-state index in [1.165, 1.54) is 41.3 Å². The summed E-state index contributed by atoms with van der Waals surface area (Å²) in [6.45, 7) is 0.793. The Bertz CT molecular complexity index is 1320. The van der Waals surface area contributed by atoms with Crippen molar-refractivity contribution in [3.8, 4) is 11.6 Å². The van der Waals surface area contributed by atoms with E-state index in [4.69, 9.17) is 4.74 Å². The van der Waals surface area contributed by atoms with Gasteiger partial charge in [-0.05, 0) is 24.3 Å². The van der Waals surface area contributed by atoms with E-state index in [-0.39, 0.29) is 49.1 Å². The van der Waals surface area contributed by atoms with Gasteiger partial charge in [-0.3, -0.25) is 9.59 Å². The molecular formula is C23H17F4N5O3. The van der Waals surface area contributed by atoms with Crippen molar-refractivity contribution >= 4 is 23.3 Å². The fourth-order valence-corrected chi connectivity index (χ4v) is 3.99. The number of amides is 2. The molecule has 1 aromatic heterocycles. The number of rotatable bonds is 2. The van der Waals surface area contributed by atoms with E-state index in [9.17, 15) is 27.2 Å². The van der Waals surface area contributed by atoms with Gasteiger partial charge in [-0.1, -0.05) is 18.2 Å². The molecule has 8 nitrogen and oxygen atoms in total. The number of nitrogens with zero attached hydrogens (tertiary/aromatic N) is 4. The minimum atomic E-state index is -4.64. The predicted molar refractivity (Wildman–Crippen MR) is 116 cm³/mol. The molecule has 2 amide bonds. The Balaban J connectivity index is 1.32. The number of nitrogens with one attached hydrogen (secondary N) is 1. The Hall–Kier alpha value is -4.22. The van der Waals surface area contributed by atoms with Gasteiger partial charge in [0, 0.05) is 32.2 Å². The Morgan fingerprint density at radius 2 is 1.74 bits per heavy atom. The number of hydrogen-bond acceptors (Lipinski definition) is 6. The van der Waals surface area contributed by atoms with Crippen LogP contribution in [-0.4, -0.2) is 53.1 Å². The quantitative estimate of drug-likeness (QED) is 0.551. The van der Waals surface area contributed by atoms with Crippen LogP contribution in [0.15, 0.2) is 48.5 Å². The van der Waals surface area contributed by atoms with Crippen LogP contribution in [0.4, 0.5) is 29.1 Å². The maximum absolute atomic E-state index is 14.1. The molecule has 1 saturated heterocycles. The van der Waals surface area contributed by atoms with Crippen LogP contribution < -0.4 is 15.0 Å². The first-order valence-electron chi connectivity index (χ1n) is 10.6. The lowest BCUT2D eigenvalue weighted by Crippen LogP contribution is -2.49. The first-order chi connectivity index (χ1) is 16.7. The number of halogens is 4. The molecule has 0 atom stereocenters. The third-order valence-electron chi connectivity index (χ3n) is 5.76. The van der Waals surface area contributed by atoms with Gasteiger partial charge in [0.25, 0.3) is 17.7 Å². The van der Waals surface area contributed by atoms with E-state index in [2.05, 4.69) is 15.5 Å². The molecule has 1 N–H and O–H groups in total. The molecule has 0 spiro atoms. The summed E-state index contributed by atoms with van der Waals surface area (Å²) in [5.41, 5.74) is -1.18. The standard InChI is InChI=1S/C23H17F4N5O3/c24-16-6-3-7-17-19(16)35-21-14(20(33)28-17)12-18(29-30-21)31-8-10-32(11-9-31)22(34)13-4-1-2-5-15(13)23(25,26)27/h1-7,12H,8-11H2,(H,28,33). The zero-order chi connectivity index (χ0) is 24.7. The zero-order valence-electron chi connectivity index (χ0n) is 18.0. The number of piperazine rings is 1. The number of carbonyl (C=O) groups excluding carboxylic acids is 2. The van der Waals surface area contributed by atoms with Gasteiger partial charge in [-0.2, -0.15) is 13.2 Å². The summed E-state index contributed by atoms with van der Waals surface area (Å²) in [5, 5.41) is 10.6. The van der Waals surface area contributed by atoms with Gasteiger partial charge >= 0.3 is 6.18 Å². The summed E-state index contributed by atoms with van der Waals surface area (Å²) < 4.78 is 59.5. The number of ether oxygens (including phenoxy) is 1. The molecule has 0 aliphatic carbocycles. The van der Waals surface area contributed by atoms with E-state index in [0.717, 1.165) is 12.1 Å². The number of fused-ring (bicyclic) bond motifs is 2. The van der Waals surface area contributed by atoms with Crippen LogP contribution in [0.3, 0.4) is 0 Å². The first kappa shape index (κ1) is 22.6. The second-order valence-electron chi connectivity index (χ2n) is 7.92. The average Bonchev–Trinajstić information content (AvgIpc) is 2.99. The molecule has 180 valence electrons. The molecule has 12 heteroatoms. The topological polar surface area (TPSA) is 87.7 Å². The molecule has 3 heterocycles. The molecule has 0 bridgehead atoms. The lowest BCUT2D eigenvalue weighted by Gasteiger charge is -2.35. The van der Waals surface area contributed by atoms with Crippen LogP contribution in [0.1, 0.15) is 26.3 Å². The minimum Gasteiger partial charge on any atom is -0.432 e. The predicted octanol–water partition coefficient (Wildman–Crippen LogP) is 3.95. The smallest absolute Gasteiger partial charge is 0.417 e. The third kappa shape index (κ3) is 4.22. The molecule has 2 aliphatic heterocycles. The maximum Gasteiger partial charge on any atom is 0.417 e. The molecule has 3 aromatic rings. The molecular weight excluding hydrogens is 470 g/mol. The Morgan fingerprint density at radius 1 is 1.00 bits per heavy atom. The SMILES string of the molecule is O=C1Nc2cccc(F)c2Oc2nnc(N3CCN(C(=O)c4ccccc4C(F)(F)F)CC3)cc21. The van der Waals surface area contributed by atoms with E-state index < -0.39 is 34.9 Å². The number of hydrogen-bond donors (Lipinski definition) is 1. The van der Waals surface area contributed by atoms with Crippen molar-refractivity contribution in [1.29, 1.82) is 0 Å². The van der Waals surface area contributed by atoms with Crippen molar-refractivity contribution in [2.45, 2.75) is 6.18 Å². The number of alkyl halides is 3. The number of benzene rings is 2. The van der Waals surface area contributed by atoms with Gasteiger partial charge in [0.2, 0.25) is 0 Å². The highest BCUT2D eigenvalue weighted by molar-refractivity contribution is 6.08. The molecule has 2 aromatic carbocycles. The van der Waals surface area contributed by atoms with Gasteiger partial charge in [0.05, 0.1) is 16.8 Å². The first-order valence-corrected chi connectivity index (χ1v) is 10.6. The summed E-state index contributed by atoms with van der Waals surface area (Å²) in [5.74, 6) is -1.96. The van der Waals surface area contributed by atoms with Crippen molar-refractivity contribution in [1.82, 2.24) is 15.1 Å². The highest BCUT2D eigenvalue weighted by atomic mass is 19.4. The minimum absolute atomic E-state index is 0.0446. The number of anilines is 2. The molecule has 2 aliphatic rings. The number of carbonyl (C=O) groups is 2. The summed E-state index contributed by atoms with van der Waals surface area (Å²) in [7, 11) is 0. The van der Waals surface area contributed by atoms with Crippen molar-refractivity contribution in [2.75, 3.05) is 36.4 Å². The van der Waals surface area contributed by atoms with Gasteiger partial charge < -0.3 is 19.9 Å². The highest BCUT2D eigenvalue weighted by Crippen LogP contribution is 2.37. The van der Waals surface area contributed by atoms with E-state index in [1.807, 2.05) is 0 Å². The monoisotopic (exact) mass is 487 g/mol. The second-order valence-corrected chi connectivity index (χ2v) is 7.92. The van der Waals surface area contributed by atoms with Crippen LogP contribution in [-0.2, 0) is 6.18 Å². The Morgan fingerprint density at radius 3 is 2.49 bits per heavy atom. The summed E-state index contributed by atoms with van der Waals surface area (Å²) in [6, 6.07) is 10.2. The molecule has 0 radical (unpaired) electrons. The maximum atomic E-state index is 14.1. The van der Waals surface area contributed by atoms with E-state index in [0.29, 0.717) is 5.82 Å². The lowest BCUT2D eigenvalue weighted by atomic mass is 10.1. The van der Waals surface area contributed by atoms with Crippen LogP contribution >= 0.6 is 0 Å². The van der Waals surface area contributed by atoms with Crippen molar-refractivity contribution < 1.29 is 31.9 Å². The zero-order valence-corrected chi connectivity index (χ0v) is 18.0.